The molecule has 3 aliphatic rings. The van der Waals surface area contributed by atoms with Crippen molar-refractivity contribution in [1.29, 1.82) is 0 Å². The molecule has 2 aliphatic carbocycles. The number of benzene rings is 2. The first kappa shape index (κ1) is 17.8. The Morgan fingerprint density at radius 2 is 1.76 bits per heavy atom. The van der Waals surface area contributed by atoms with Gasteiger partial charge in [-0.05, 0) is 42.0 Å². The van der Waals surface area contributed by atoms with Gasteiger partial charge in [0.25, 0.3) is 11.8 Å². The number of carbonyl (C=O) groups is 2. The number of nitrogens with zero attached hydrogens (tertiary/aromatic N) is 2. The molecule has 1 heterocycles. The van der Waals surface area contributed by atoms with Gasteiger partial charge in [0.15, 0.2) is 0 Å². The van der Waals surface area contributed by atoms with E-state index in [2.05, 4.69) is 17.3 Å². The summed E-state index contributed by atoms with van der Waals surface area (Å²) in [6.45, 7) is 0.107. The Balaban J connectivity index is 1.28. The fourth-order valence-corrected chi connectivity index (χ4v) is 4.59. The highest BCUT2D eigenvalue weighted by Gasteiger charge is 2.59. The molecule has 0 aromatic heterocycles. The van der Waals surface area contributed by atoms with Crippen LogP contribution in [0.5, 0.6) is 5.75 Å². The van der Waals surface area contributed by atoms with Gasteiger partial charge in [-0.25, -0.2) is 4.39 Å². The lowest BCUT2D eigenvalue weighted by molar-refractivity contribution is -0.140. The predicted octanol–water partition coefficient (Wildman–Crippen LogP) is 3.55. The Morgan fingerprint density at radius 3 is 2.48 bits per heavy atom. The van der Waals surface area contributed by atoms with Crippen molar-refractivity contribution >= 4 is 18.0 Å². The molecule has 6 heteroatoms. The first-order valence-electron chi connectivity index (χ1n) is 9.68. The van der Waals surface area contributed by atoms with Crippen LogP contribution in [0.15, 0.2) is 65.8 Å². The van der Waals surface area contributed by atoms with Crippen LogP contribution in [0.4, 0.5) is 4.39 Å². The van der Waals surface area contributed by atoms with E-state index in [1.165, 1.54) is 12.3 Å². The third kappa shape index (κ3) is 3.05. The van der Waals surface area contributed by atoms with Crippen LogP contribution in [0, 0.1) is 29.5 Å². The van der Waals surface area contributed by atoms with Crippen molar-refractivity contribution in [1.82, 2.24) is 5.01 Å². The molecular formula is C23H19FN2O3. The van der Waals surface area contributed by atoms with Crippen molar-refractivity contribution < 1.29 is 18.7 Å². The molecule has 5 nitrogen and oxygen atoms in total. The SMILES string of the molecule is O=C1[C@@H]2[C@H](C(=O)N1N=Cc1cccc(OCc3ccccc3F)c1)[C@H]1C=C[C@H]2C1. The first-order valence-corrected chi connectivity index (χ1v) is 9.68. The Kier molecular flexibility index (Phi) is 4.27. The minimum atomic E-state index is -0.315. The summed E-state index contributed by atoms with van der Waals surface area (Å²) in [4.78, 5) is 25.3. The molecule has 2 bridgehead atoms. The van der Waals surface area contributed by atoms with Gasteiger partial charge in [-0.1, -0.05) is 42.5 Å². The molecule has 2 fully saturated rings. The maximum Gasteiger partial charge on any atom is 0.254 e. The summed E-state index contributed by atoms with van der Waals surface area (Å²) in [5, 5.41) is 5.20. The molecule has 0 spiro atoms. The third-order valence-corrected chi connectivity index (χ3v) is 5.98. The van der Waals surface area contributed by atoms with Crippen LogP contribution in [0.25, 0.3) is 0 Å². The van der Waals surface area contributed by atoms with Crippen LogP contribution < -0.4 is 4.74 Å². The topological polar surface area (TPSA) is 59.0 Å². The normalized spacial score (nSPS) is 27.3. The van der Waals surface area contributed by atoms with Gasteiger partial charge < -0.3 is 4.74 Å². The van der Waals surface area contributed by atoms with Gasteiger partial charge >= 0.3 is 0 Å². The Bertz CT molecular complexity index is 1020. The number of ether oxygens (including phenoxy) is 1. The quantitative estimate of drug-likeness (QED) is 0.446. The second kappa shape index (κ2) is 6.95. The molecule has 2 aromatic carbocycles. The average molecular weight is 390 g/mol. The van der Waals surface area contributed by atoms with Crippen LogP contribution in [0.1, 0.15) is 17.5 Å². The number of hydrazone groups is 1. The highest BCUT2D eigenvalue weighted by Crippen LogP contribution is 2.52. The number of halogens is 1. The van der Waals surface area contributed by atoms with E-state index in [9.17, 15) is 14.0 Å². The molecule has 5 rings (SSSR count). The molecule has 146 valence electrons. The van der Waals surface area contributed by atoms with Crippen LogP contribution in [-0.4, -0.2) is 23.0 Å². The Morgan fingerprint density at radius 1 is 1.03 bits per heavy atom. The van der Waals surface area contributed by atoms with E-state index in [1.54, 1.807) is 42.5 Å². The standard InChI is InChI=1S/C23H19FN2O3/c24-19-7-2-1-5-17(19)13-29-18-6-3-4-14(10-18)12-25-26-22(27)20-15-8-9-16(11-15)21(20)23(26)28/h1-10,12,15-16,20-21H,11,13H2/t15-,16-,20-,21+/m0/s1. The number of imide groups is 1. The summed E-state index contributed by atoms with van der Waals surface area (Å²) in [5.74, 6) is -0.371. The summed E-state index contributed by atoms with van der Waals surface area (Å²) < 4.78 is 19.4. The van der Waals surface area contributed by atoms with Gasteiger partial charge in [0, 0.05) is 5.56 Å². The third-order valence-electron chi connectivity index (χ3n) is 5.98. The summed E-state index contributed by atoms with van der Waals surface area (Å²) in [7, 11) is 0. The number of fused-ring (bicyclic) bond motifs is 5. The number of carbonyl (C=O) groups excluding carboxylic acids is 2. The fourth-order valence-electron chi connectivity index (χ4n) is 4.59. The van der Waals surface area contributed by atoms with Crippen LogP contribution in [0.3, 0.4) is 0 Å². The van der Waals surface area contributed by atoms with Gasteiger partial charge in [-0.2, -0.15) is 10.1 Å². The van der Waals surface area contributed by atoms with Gasteiger partial charge in [-0.15, -0.1) is 0 Å². The predicted molar refractivity (Wildman–Crippen MR) is 104 cm³/mol. The van der Waals surface area contributed by atoms with Gasteiger partial charge in [0.2, 0.25) is 0 Å². The lowest BCUT2D eigenvalue weighted by Crippen LogP contribution is -2.28. The van der Waals surface area contributed by atoms with E-state index < -0.39 is 0 Å². The van der Waals surface area contributed by atoms with Gasteiger partial charge in [0.1, 0.15) is 18.2 Å². The summed E-state index contributed by atoms with van der Waals surface area (Å²) in [5.41, 5.74) is 1.16. The van der Waals surface area contributed by atoms with E-state index in [0.29, 0.717) is 16.9 Å². The molecule has 1 aliphatic heterocycles. The second-order valence-electron chi connectivity index (χ2n) is 7.69. The van der Waals surface area contributed by atoms with E-state index in [0.717, 1.165) is 11.4 Å². The van der Waals surface area contributed by atoms with Crippen molar-refractivity contribution in [2.45, 2.75) is 13.0 Å². The number of allylic oxidation sites excluding steroid dienone is 2. The highest BCUT2D eigenvalue weighted by atomic mass is 19.1. The van der Waals surface area contributed by atoms with Crippen molar-refractivity contribution in [3.05, 3.63) is 77.6 Å². The van der Waals surface area contributed by atoms with E-state index >= 15 is 0 Å². The Labute approximate surface area is 167 Å². The zero-order valence-electron chi connectivity index (χ0n) is 15.6. The molecule has 2 aromatic rings. The Hall–Kier alpha value is -3.28. The summed E-state index contributed by atoms with van der Waals surface area (Å²) >= 11 is 0. The lowest BCUT2D eigenvalue weighted by Gasteiger charge is -2.13. The lowest BCUT2D eigenvalue weighted by atomic mass is 9.85. The fraction of sp³-hybridized carbons (Fsp3) is 0.261. The average Bonchev–Trinajstić information content (AvgIpc) is 3.41. The zero-order chi connectivity index (χ0) is 20.0. The molecule has 0 unspecified atom stereocenters. The van der Waals surface area contributed by atoms with Crippen molar-refractivity contribution in [3.63, 3.8) is 0 Å². The maximum absolute atomic E-state index is 13.7. The zero-order valence-corrected chi connectivity index (χ0v) is 15.6. The second-order valence-corrected chi connectivity index (χ2v) is 7.69. The summed E-state index contributed by atoms with van der Waals surface area (Å²) in [6.07, 6.45) is 6.50. The smallest absolute Gasteiger partial charge is 0.254 e. The highest BCUT2D eigenvalue weighted by molar-refractivity contribution is 6.06. The van der Waals surface area contributed by atoms with Gasteiger partial charge in [-0.3, -0.25) is 9.59 Å². The molecule has 4 atom stereocenters. The van der Waals surface area contributed by atoms with Crippen LogP contribution in [0.2, 0.25) is 0 Å². The van der Waals surface area contributed by atoms with Crippen molar-refractivity contribution in [2.75, 3.05) is 0 Å². The van der Waals surface area contributed by atoms with E-state index in [-0.39, 0.29) is 47.9 Å². The molecule has 0 N–H and O–H groups in total. The molecular weight excluding hydrogens is 371 g/mol. The van der Waals surface area contributed by atoms with E-state index in [4.69, 9.17) is 4.74 Å². The number of hydrogen-bond donors (Lipinski definition) is 0. The molecule has 0 radical (unpaired) electrons. The van der Waals surface area contributed by atoms with Crippen LogP contribution in [-0.2, 0) is 16.2 Å². The minimum absolute atomic E-state index is 0.107. The summed E-state index contributed by atoms with van der Waals surface area (Å²) in [6, 6.07) is 13.5. The molecule has 29 heavy (non-hydrogen) atoms. The van der Waals surface area contributed by atoms with Crippen LogP contribution >= 0.6 is 0 Å². The van der Waals surface area contributed by atoms with E-state index in [1.807, 2.05) is 0 Å². The molecule has 2 amide bonds. The van der Waals surface area contributed by atoms with Crippen molar-refractivity contribution in [2.24, 2.45) is 28.8 Å². The first-order chi connectivity index (χ1) is 14.1. The number of rotatable bonds is 5. The number of amides is 2. The monoisotopic (exact) mass is 390 g/mol. The van der Waals surface area contributed by atoms with Crippen molar-refractivity contribution in [3.8, 4) is 5.75 Å². The molecule has 1 saturated heterocycles. The molecule has 1 saturated carbocycles. The number of hydrogen-bond acceptors (Lipinski definition) is 4. The minimum Gasteiger partial charge on any atom is -0.489 e. The maximum atomic E-state index is 13.7. The van der Waals surface area contributed by atoms with Gasteiger partial charge in [0.05, 0.1) is 18.1 Å². The largest absolute Gasteiger partial charge is 0.489 e.